The summed E-state index contributed by atoms with van der Waals surface area (Å²) in [4.78, 5) is 0.237. The molecule has 0 aliphatic heterocycles. The zero-order chi connectivity index (χ0) is 15.0. The van der Waals surface area contributed by atoms with Crippen LogP contribution < -0.4 is 0 Å². The van der Waals surface area contributed by atoms with Crippen molar-refractivity contribution >= 4 is 10.0 Å². The van der Waals surface area contributed by atoms with Gasteiger partial charge in [-0.05, 0) is 18.6 Å². The van der Waals surface area contributed by atoms with Crippen molar-refractivity contribution in [2.45, 2.75) is 31.6 Å². The minimum atomic E-state index is -3.51. The Morgan fingerprint density at radius 3 is 2.55 bits per heavy atom. The number of hydrogen-bond donors (Lipinski definition) is 1. The Bertz CT molecular complexity index is 585. The predicted molar refractivity (Wildman–Crippen MR) is 79.7 cm³/mol. The van der Waals surface area contributed by atoms with Crippen LogP contribution in [0.2, 0.25) is 0 Å². The third-order valence-corrected chi connectivity index (χ3v) is 4.82. The van der Waals surface area contributed by atoms with Gasteiger partial charge in [-0.1, -0.05) is 37.8 Å². The van der Waals surface area contributed by atoms with E-state index >= 15 is 0 Å². The van der Waals surface area contributed by atoms with Gasteiger partial charge in [-0.15, -0.1) is 0 Å². The van der Waals surface area contributed by atoms with E-state index in [9.17, 15) is 8.42 Å². The average Bonchev–Trinajstić information content (AvgIpc) is 2.45. The Hall–Kier alpha value is -1.35. The van der Waals surface area contributed by atoms with Gasteiger partial charge in [0.15, 0.2) is 0 Å². The monoisotopic (exact) mass is 295 g/mol. The number of benzene rings is 1. The van der Waals surface area contributed by atoms with Crippen LogP contribution in [0.3, 0.4) is 0 Å². The molecule has 0 unspecified atom stereocenters. The lowest BCUT2D eigenvalue weighted by Crippen LogP contribution is -2.32. The zero-order valence-corrected chi connectivity index (χ0v) is 12.8. The van der Waals surface area contributed by atoms with Gasteiger partial charge in [0.2, 0.25) is 10.0 Å². The number of hydrogen-bond acceptors (Lipinski definition) is 3. The molecular weight excluding hydrogens is 274 g/mol. The first-order valence-electron chi connectivity index (χ1n) is 6.76. The summed E-state index contributed by atoms with van der Waals surface area (Å²) in [6.07, 6.45) is 1.10. The molecule has 0 amide bonds. The van der Waals surface area contributed by atoms with Gasteiger partial charge in [0.1, 0.15) is 0 Å². The first-order valence-corrected chi connectivity index (χ1v) is 8.20. The molecule has 1 rings (SSSR count). The van der Waals surface area contributed by atoms with E-state index in [0.717, 1.165) is 6.42 Å². The summed E-state index contributed by atoms with van der Waals surface area (Å²) in [7, 11) is -3.51. The van der Waals surface area contributed by atoms with Gasteiger partial charge >= 0.3 is 0 Å². The van der Waals surface area contributed by atoms with Crippen molar-refractivity contribution in [2.24, 2.45) is 0 Å². The second-order valence-electron chi connectivity index (χ2n) is 4.27. The number of sulfonamides is 1. The van der Waals surface area contributed by atoms with Crippen LogP contribution in [0.4, 0.5) is 0 Å². The molecule has 5 heteroatoms. The first kappa shape index (κ1) is 16.7. The molecule has 0 heterocycles. The van der Waals surface area contributed by atoms with Crippen molar-refractivity contribution in [3.05, 3.63) is 29.8 Å². The van der Waals surface area contributed by atoms with Crippen LogP contribution in [0.25, 0.3) is 0 Å². The Morgan fingerprint density at radius 2 is 1.95 bits per heavy atom. The minimum absolute atomic E-state index is 0.0289. The maximum Gasteiger partial charge on any atom is 0.244 e. The van der Waals surface area contributed by atoms with Crippen molar-refractivity contribution in [1.29, 1.82) is 0 Å². The second kappa shape index (κ2) is 8.05. The topological polar surface area (TPSA) is 57.6 Å². The fourth-order valence-corrected chi connectivity index (χ4v) is 3.53. The molecule has 0 aliphatic carbocycles. The lowest BCUT2D eigenvalue weighted by molar-refractivity contribution is 0.305. The van der Waals surface area contributed by atoms with E-state index < -0.39 is 10.0 Å². The Labute approximate surface area is 121 Å². The number of nitrogens with zero attached hydrogens (tertiary/aromatic N) is 1. The third kappa shape index (κ3) is 4.07. The summed E-state index contributed by atoms with van der Waals surface area (Å²) < 4.78 is 26.7. The largest absolute Gasteiger partial charge is 0.395 e. The van der Waals surface area contributed by atoms with Gasteiger partial charge in [-0.2, -0.15) is 4.31 Å². The standard InChI is InChI=1S/C15H21NO3S/c1-3-12-16(4-2)20(18,19)15-11-6-5-9-14(15)10-7-8-13-17/h5-6,9,11,17H,3-4,8,12-13H2,1-2H3. The molecule has 20 heavy (non-hydrogen) atoms. The maximum atomic E-state index is 12.6. The lowest BCUT2D eigenvalue weighted by atomic mass is 10.2. The van der Waals surface area contributed by atoms with E-state index in [1.54, 1.807) is 24.3 Å². The summed E-state index contributed by atoms with van der Waals surface area (Å²) >= 11 is 0. The Balaban J connectivity index is 3.22. The number of rotatable bonds is 6. The van der Waals surface area contributed by atoms with Crippen LogP contribution >= 0.6 is 0 Å². The molecule has 0 aliphatic rings. The van der Waals surface area contributed by atoms with Crippen molar-refractivity contribution < 1.29 is 13.5 Å². The number of aliphatic hydroxyl groups is 1. The molecule has 0 aromatic heterocycles. The van der Waals surface area contributed by atoms with Gasteiger partial charge in [-0.3, -0.25) is 0 Å². The van der Waals surface area contributed by atoms with Crippen LogP contribution in [-0.4, -0.2) is 37.5 Å². The van der Waals surface area contributed by atoms with Crippen molar-refractivity contribution in [3.8, 4) is 11.8 Å². The maximum absolute atomic E-state index is 12.6. The summed E-state index contributed by atoms with van der Waals surface area (Å²) in [5, 5.41) is 8.74. The quantitative estimate of drug-likeness (QED) is 0.815. The second-order valence-corrected chi connectivity index (χ2v) is 6.17. The SMILES string of the molecule is CCCN(CC)S(=O)(=O)c1ccccc1C#CCCO. The van der Waals surface area contributed by atoms with Gasteiger partial charge < -0.3 is 5.11 Å². The smallest absolute Gasteiger partial charge is 0.244 e. The minimum Gasteiger partial charge on any atom is -0.395 e. The van der Waals surface area contributed by atoms with Gasteiger partial charge in [-0.25, -0.2) is 8.42 Å². The number of aliphatic hydroxyl groups excluding tert-OH is 1. The normalized spacial score (nSPS) is 11.2. The summed E-state index contributed by atoms with van der Waals surface area (Å²) in [5.41, 5.74) is 0.482. The van der Waals surface area contributed by atoms with E-state index in [1.807, 2.05) is 13.8 Å². The van der Waals surface area contributed by atoms with Crippen molar-refractivity contribution in [2.75, 3.05) is 19.7 Å². The molecule has 0 radical (unpaired) electrons. The molecule has 0 bridgehead atoms. The lowest BCUT2D eigenvalue weighted by Gasteiger charge is -2.20. The molecule has 4 nitrogen and oxygen atoms in total. The highest BCUT2D eigenvalue weighted by Gasteiger charge is 2.24. The highest BCUT2D eigenvalue weighted by molar-refractivity contribution is 7.89. The summed E-state index contributed by atoms with van der Waals surface area (Å²) in [6.45, 7) is 4.68. The van der Waals surface area contributed by atoms with Crippen molar-refractivity contribution in [3.63, 3.8) is 0 Å². The summed E-state index contributed by atoms with van der Waals surface area (Å²) in [6, 6.07) is 6.73. The van der Waals surface area contributed by atoms with E-state index in [0.29, 0.717) is 25.1 Å². The molecular formula is C15H21NO3S. The van der Waals surface area contributed by atoms with Crippen LogP contribution in [0.1, 0.15) is 32.3 Å². The fourth-order valence-electron chi connectivity index (χ4n) is 1.85. The molecule has 1 aromatic carbocycles. The molecule has 110 valence electrons. The van der Waals surface area contributed by atoms with E-state index in [4.69, 9.17) is 5.11 Å². The Kier molecular flexibility index (Phi) is 6.73. The van der Waals surface area contributed by atoms with Gasteiger partial charge in [0, 0.05) is 25.1 Å². The van der Waals surface area contributed by atoms with Gasteiger partial charge in [0.05, 0.1) is 11.5 Å². The molecule has 0 fully saturated rings. The predicted octanol–water partition coefficient (Wildman–Crippen LogP) is 1.84. The van der Waals surface area contributed by atoms with Crippen LogP contribution in [0.5, 0.6) is 0 Å². The molecule has 1 aromatic rings. The van der Waals surface area contributed by atoms with E-state index in [2.05, 4.69) is 11.8 Å². The molecule has 0 saturated carbocycles. The molecule has 0 atom stereocenters. The fraction of sp³-hybridized carbons (Fsp3) is 0.467. The zero-order valence-electron chi connectivity index (χ0n) is 12.0. The van der Waals surface area contributed by atoms with Crippen LogP contribution in [0, 0.1) is 11.8 Å². The van der Waals surface area contributed by atoms with Crippen molar-refractivity contribution in [1.82, 2.24) is 4.31 Å². The van der Waals surface area contributed by atoms with Crippen LogP contribution in [0.15, 0.2) is 29.2 Å². The molecule has 0 spiro atoms. The first-order chi connectivity index (χ1) is 9.57. The Morgan fingerprint density at radius 1 is 1.25 bits per heavy atom. The van der Waals surface area contributed by atoms with Gasteiger partial charge in [0.25, 0.3) is 0 Å². The third-order valence-electron chi connectivity index (χ3n) is 2.79. The van der Waals surface area contributed by atoms with Crippen LogP contribution in [-0.2, 0) is 10.0 Å². The highest BCUT2D eigenvalue weighted by Crippen LogP contribution is 2.19. The van der Waals surface area contributed by atoms with E-state index in [-0.39, 0.29) is 11.5 Å². The molecule has 0 saturated heterocycles. The highest BCUT2D eigenvalue weighted by atomic mass is 32.2. The van der Waals surface area contributed by atoms with E-state index in [1.165, 1.54) is 4.31 Å². The average molecular weight is 295 g/mol. The molecule has 1 N–H and O–H groups in total. The summed E-state index contributed by atoms with van der Waals surface area (Å²) in [5.74, 6) is 5.60.